The van der Waals surface area contributed by atoms with Crippen LogP contribution in [0.5, 0.6) is 0 Å². The second-order valence-electron chi connectivity index (χ2n) is 4.38. The van der Waals surface area contributed by atoms with Crippen molar-refractivity contribution in [3.8, 4) is 0 Å². The summed E-state index contributed by atoms with van der Waals surface area (Å²) < 4.78 is 25.8. The lowest BCUT2D eigenvalue weighted by atomic mass is 9.97. The van der Waals surface area contributed by atoms with Gasteiger partial charge in [-0.05, 0) is 13.3 Å². The molecule has 0 fully saturated rings. The maximum Gasteiger partial charge on any atom is 0.319 e. The van der Waals surface area contributed by atoms with Crippen molar-refractivity contribution >= 4 is 5.91 Å². The molecule has 1 unspecified atom stereocenters. The second kappa shape index (κ2) is 5.90. The maximum absolute atomic E-state index is 12.5. The van der Waals surface area contributed by atoms with Gasteiger partial charge in [0.15, 0.2) is 0 Å². The molecular formula is C11H18F2N4O. The zero-order valence-electron chi connectivity index (χ0n) is 10.5. The highest BCUT2D eigenvalue weighted by Gasteiger charge is 2.27. The van der Waals surface area contributed by atoms with E-state index in [9.17, 15) is 13.6 Å². The van der Waals surface area contributed by atoms with Gasteiger partial charge in [-0.1, -0.05) is 13.3 Å². The Kier molecular flexibility index (Phi) is 4.77. The van der Waals surface area contributed by atoms with E-state index < -0.39 is 12.1 Å². The normalized spacial score (nSPS) is 14.6. The molecule has 0 aliphatic heterocycles. The fourth-order valence-electron chi connectivity index (χ4n) is 1.65. The summed E-state index contributed by atoms with van der Waals surface area (Å²) in [5, 5.41) is 2.52. The van der Waals surface area contributed by atoms with Gasteiger partial charge in [0, 0.05) is 12.4 Å². The van der Waals surface area contributed by atoms with E-state index in [-0.39, 0.29) is 18.3 Å². The predicted molar refractivity (Wildman–Crippen MR) is 62.8 cm³/mol. The number of hydrogen-bond donors (Lipinski definition) is 2. The number of nitrogens with zero attached hydrogens (tertiary/aromatic N) is 2. The molecule has 1 aromatic heterocycles. The minimum Gasteiger partial charge on any atom is -0.347 e. The Morgan fingerprint density at radius 2 is 2.33 bits per heavy atom. The SMILES string of the molecule is CCCC(C)(N)C(=O)NCc1nccn1C(F)F. The van der Waals surface area contributed by atoms with Gasteiger partial charge in [0.05, 0.1) is 12.1 Å². The molecule has 0 spiro atoms. The van der Waals surface area contributed by atoms with Crippen LogP contribution in [-0.4, -0.2) is 21.0 Å². The van der Waals surface area contributed by atoms with Crippen molar-refractivity contribution in [3.05, 3.63) is 18.2 Å². The first-order valence-electron chi connectivity index (χ1n) is 5.75. The summed E-state index contributed by atoms with van der Waals surface area (Å²) >= 11 is 0. The number of hydrogen-bond acceptors (Lipinski definition) is 3. The number of nitrogens with two attached hydrogens (primary N) is 1. The summed E-state index contributed by atoms with van der Waals surface area (Å²) in [4.78, 5) is 15.5. The molecule has 1 amide bonds. The van der Waals surface area contributed by atoms with E-state index >= 15 is 0 Å². The molecule has 3 N–H and O–H groups in total. The summed E-state index contributed by atoms with van der Waals surface area (Å²) in [5.41, 5.74) is 4.83. The highest BCUT2D eigenvalue weighted by Crippen LogP contribution is 2.13. The molecule has 0 saturated heterocycles. The monoisotopic (exact) mass is 260 g/mol. The third-order valence-corrected chi connectivity index (χ3v) is 2.65. The lowest BCUT2D eigenvalue weighted by molar-refractivity contribution is -0.126. The fourth-order valence-corrected chi connectivity index (χ4v) is 1.65. The molecule has 0 bridgehead atoms. The van der Waals surface area contributed by atoms with Crippen LogP contribution in [0.15, 0.2) is 12.4 Å². The molecule has 18 heavy (non-hydrogen) atoms. The molecule has 1 atom stereocenters. The average molecular weight is 260 g/mol. The minimum atomic E-state index is -2.67. The summed E-state index contributed by atoms with van der Waals surface area (Å²) in [6.07, 6.45) is 3.73. The third-order valence-electron chi connectivity index (χ3n) is 2.65. The van der Waals surface area contributed by atoms with Crippen LogP contribution in [0.3, 0.4) is 0 Å². The third kappa shape index (κ3) is 3.49. The van der Waals surface area contributed by atoms with Gasteiger partial charge in [0.1, 0.15) is 5.82 Å². The van der Waals surface area contributed by atoms with Crippen LogP contribution in [0.1, 0.15) is 39.1 Å². The topological polar surface area (TPSA) is 72.9 Å². The molecule has 0 radical (unpaired) electrons. The number of carbonyl (C=O) groups excluding carboxylic acids is 1. The molecule has 5 nitrogen and oxygen atoms in total. The van der Waals surface area contributed by atoms with Gasteiger partial charge in [-0.3, -0.25) is 9.36 Å². The van der Waals surface area contributed by atoms with E-state index in [0.717, 1.165) is 6.42 Å². The Labute approximate surface area is 104 Å². The Morgan fingerprint density at radius 3 is 2.89 bits per heavy atom. The van der Waals surface area contributed by atoms with Crippen LogP contribution in [0.25, 0.3) is 0 Å². The maximum atomic E-state index is 12.5. The lowest BCUT2D eigenvalue weighted by Gasteiger charge is -2.22. The van der Waals surface area contributed by atoms with E-state index in [1.54, 1.807) is 6.92 Å². The Bertz CT molecular complexity index is 404. The van der Waals surface area contributed by atoms with Crippen molar-refractivity contribution < 1.29 is 13.6 Å². The van der Waals surface area contributed by atoms with Crippen molar-refractivity contribution in [3.63, 3.8) is 0 Å². The molecule has 0 aliphatic carbocycles. The van der Waals surface area contributed by atoms with E-state index in [4.69, 9.17) is 5.73 Å². The van der Waals surface area contributed by atoms with Crippen molar-refractivity contribution in [1.82, 2.24) is 14.9 Å². The number of nitrogens with one attached hydrogen (secondary N) is 1. The van der Waals surface area contributed by atoms with Crippen LogP contribution < -0.4 is 11.1 Å². The zero-order valence-corrected chi connectivity index (χ0v) is 10.5. The Balaban J connectivity index is 2.60. The standard InChI is InChI=1S/C11H18F2N4O/c1-3-4-11(2,14)9(18)16-7-8-15-5-6-17(8)10(12)13/h5-6,10H,3-4,7,14H2,1-2H3,(H,16,18). The number of alkyl halides is 2. The molecule has 1 rings (SSSR count). The van der Waals surface area contributed by atoms with Crippen LogP contribution in [0.4, 0.5) is 8.78 Å². The highest BCUT2D eigenvalue weighted by molar-refractivity contribution is 5.85. The number of carbonyl (C=O) groups is 1. The second-order valence-corrected chi connectivity index (χ2v) is 4.38. The number of rotatable bonds is 6. The summed E-state index contributed by atoms with van der Waals surface area (Å²) in [5.74, 6) is -0.265. The molecule has 7 heteroatoms. The predicted octanol–water partition coefficient (Wildman–Crippen LogP) is 1.41. The first kappa shape index (κ1) is 14.6. The first-order chi connectivity index (χ1) is 8.38. The molecule has 0 aromatic carbocycles. The zero-order chi connectivity index (χ0) is 13.8. The summed E-state index contributed by atoms with van der Waals surface area (Å²) in [6, 6.07) is 0. The van der Waals surface area contributed by atoms with Crippen molar-refractivity contribution in [2.24, 2.45) is 5.73 Å². The fraction of sp³-hybridized carbons (Fsp3) is 0.636. The van der Waals surface area contributed by atoms with E-state index in [0.29, 0.717) is 11.0 Å². The van der Waals surface area contributed by atoms with Crippen LogP contribution in [-0.2, 0) is 11.3 Å². The van der Waals surface area contributed by atoms with Gasteiger partial charge in [-0.25, -0.2) is 4.98 Å². The number of amides is 1. The number of imidazole rings is 1. The molecule has 1 aromatic rings. The smallest absolute Gasteiger partial charge is 0.319 e. The Hall–Kier alpha value is -1.50. The number of aromatic nitrogens is 2. The largest absolute Gasteiger partial charge is 0.347 e. The van der Waals surface area contributed by atoms with Gasteiger partial charge in [0.25, 0.3) is 0 Å². The highest BCUT2D eigenvalue weighted by atomic mass is 19.3. The van der Waals surface area contributed by atoms with E-state index in [1.165, 1.54) is 12.4 Å². The molecule has 0 aliphatic rings. The van der Waals surface area contributed by atoms with Gasteiger partial charge < -0.3 is 11.1 Å². The Morgan fingerprint density at radius 1 is 1.67 bits per heavy atom. The minimum absolute atomic E-state index is 0.0628. The van der Waals surface area contributed by atoms with Crippen molar-refractivity contribution in [1.29, 1.82) is 0 Å². The molecule has 1 heterocycles. The van der Waals surface area contributed by atoms with Gasteiger partial charge in [-0.15, -0.1) is 0 Å². The van der Waals surface area contributed by atoms with Crippen molar-refractivity contribution in [2.75, 3.05) is 0 Å². The van der Waals surface area contributed by atoms with E-state index in [2.05, 4.69) is 10.3 Å². The number of halogens is 2. The molecular weight excluding hydrogens is 242 g/mol. The lowest BCUT2D eigenvalue weighted by Crippen LogP contribution is -2.51. The van der Waals surface area contributed by atoms with Gasteiger partial charge >= 0.3 is 6.55 Å². The molecule has 102 valence electrons. The summed E-state index contributed by atoms with van der Waals surface area (Å²) in [6.45, 7) is 0.805. The van der Waals surface area contributed by atoms with Crippen molar-refractivity contribution in [2.45, 2.75) is 45.3 Å². The molecule has 0 saturated carbocycles. The van der Waals surface area contributed by atoms with Crippen LogP contribution in [0, 0.1) is 0 Å². The van der Waals surface area contributed by atoms with Crippen LogP contribution in [0.2, 0.25) is 0 Å². The summed E-state index contributed by atoms with van der Waals surface area (Å²) in [7, 11) is 0. The first-order valence-corrected chi connectivity index (χ1v) is 5.75. The van der Waals surface area contributed by atoms with Crippen LogP contribution >= 0.6 is 0 Å². The average Bonchev–Trinajstić information content (AvgIpc) is 2.73. The quantitative estimate of drug-likeness (QED) is 0.812. The van der Waals surface area contributed by atoms with Gasteiger partial charge in [-0.2, -0.15) is 8.78 Å². The van der Waals surface area contributed by atoms with E-state index in [1.807, 2.05) is 6.92 Å². The van der Waals surface area contributed by atoms with Gasteiger partial charge in [0.2, 0.25) is 5.91 Å².